The van der Waals surface area contributed by atoms with Gasteiger partial charge in [0, 0.05) is 23.9 Å². The van der Waals surface area contributed by atoms with Crippen molar-refractivity contribution in [2.24, 2.45) is 5.92 Å². The second-order valence-corrected chi connectivity index (χ2v) is 10.7. The molecule has 0 radical (unpaired) electrons. The van der Waals surface area contributed by atoms with Crippen molar-refractivity contribution in [3.05, 3.63) is 47.3 Å². The summed E-state index contributed by atoms with van der Waals surface area (Å²) in [7, 11) is 1.42. The molecule has 176 valence electrons. The van der Waals surface area contributed by atoms with Crippen molar-refractivity contribution < 1.29 is 14.3 Å². The van der Waals surface area contributed by atoms with Gasteiger partial charge in [-0.3, -0.25) is 4.79 Å². The zero-order valence-corrected chi connectivity index (χ0v) is 20.0. The Hall–Kier alpha value is -2.63. The molecule has 2 aliphatic carbocycles. The van der Waals surface area contributed by atoms with Crippen LogP contribution in [-0.4, -0.2) is 45.8 Å². The summed E-state index contributed by atoms with van der Waals surface area (Å²) in [6, 6.07) is 8.52. The average Bonchev–Trinajstić information content (AvgIpc) is 3.47. The second kappa shape index (κ2) is 8.62. The van der Waals surface area contributed by atoms with E-state index in [1.54, 1.807) is 6.20 Å². The molecule has 3 aliphatic rings. The number of carbonyl (C=O) groups excluding carboxylic acids is 2. The maximum Gasteiger partial charge on any atom is 0.341 e. The van der Waals surface area contributed by atoms with E-state index < -0.39 is 0 Å². The highest BCUT2D eigenvalue weighted by molar-refractivity contribution is 5.91. The van der Waals surface area contributed by atoms with Crippen LogP contribution in [0.1, 0.15) is 98.7 Å². The van der Waals surface area contributed by atoms with Crippen molar-refractivity contribution in [3.63, 3.8) is 0 Å². The molecule has 0 spiro atoms. The zero-order chi connectivity index (χ0) is 23.2. The first-order valence-electron chi connectivity index (χ1n) is 12.5. The summed E-state index contributed by atoms with van der Waals surface area (Å²) in [5.41, 5.74) is 3.77. The van der Waals surface area contributed by atoms with Gasteiger partial charge in [0.2, 0.25) is 5.91 Å². The van der Waals surface area contributed by atoms with Crippen LogP contribution >= 0.6 is 0 Å². The minimum absolute atomic E-state index is 0.0133. The fourth-order valence-corrected chi connectivity index (χ4v) is 5.94. The van der Waals surface area contributed by atoms with Gasteiger partial charge in [0.05, 0.1) is 24.7 Å². The van der Waals surface area contributed by atoms with Crippen LogP contribution in [0.4, 0.5) is 0 Å². The molecule has 2 heterocycles. The summed E-state index contributed by atoms with van der Waals surface area (Å²) in [4.78, 5) is 27.8. The molecule has 0 N–H and O–H groups in total. The van der Waals surface area contributed by atoms with Crippen molar-refractivity contribution >= 4 is 11.9 Å². The van der Waals surface area contributed by atoms with E-state index in [2.05, 4.69) is 48.1 Å². The molecule has 1 aromatic heterocycles. The van der Waals surface area contributed by atoms with E-state index in [1.807, 2.05) is 4.68 Å². The lowest BCUT2D eigenvalue weighted by Crippen LogP contribution is -2.46. The third-order valence-electron chi connectivity index (χ3n) is 7.95. The fraction of sp³-hybridized carbons (Fsp3) is 0.593. The van der Waals surface area contributed by atoms with Crippen LogP contribution in [0.25, 0.3) is 5.69 Å². The number of nitrogens with zero attached hydrogens (tertiary/aromatic N) is 3. The predicted octanol–water partition coefficient (Wildman–Crippen LogP) is 5.21. The largest absolute Gasteiger partial charge is 0.465 e. The maximum absolute atomic E-state index is 13.4. The number of likely N-dealkylation sites (tertiary alicyclic amines) is 1. The van der Waals surface area contributed by atoms with Crippen LogP contribution in [-0.2, 0) is 9.53 Å². The Kier molecular flexibility index (Phi) is 5.79. The lowest BCUT2D eigenvalue weighted by molar-refractivity contribution is -0.140. The number of amides is 1. The van der Waals surface area contributed by atoms with Gasteiger partial charge in [-0.25, -0.2) is 9.48 Å². The molecule has 1 amide bonds. The molecule has 1 aromatic carbocycles. The van der Waals surface area contributed by atoms with Crippen LogP contribution in [0.5, 0.6) is 0 Å². The van der Waals surface area contributed by atoms with Crippen LogP contribution in [0, 0.1) is 5.92 Å². The molecule has 1 aliphatic heterocycles. The summed E-state index contributed by atoms with van der Waals surface area (Å²) >= 11 is 0. The minimum atomic E-state index is -0.322. The molecule has 0 bridgehead atoms. The molecule has 2 aromatic rings. The summed E-state index contributed by atoms with van der Waals surface area (Å²) in [5, 5.41) is 4.57. The van der Waals surface area contributed by atoms with E-state index in [0.29, 0.717) is 23.3 Å². The molecule has 1 saturated heterocycles. The first kappa shape index (κ1) is 22.2. The molecule has 5 rings (SSSR count). The Bertz CT molecular complexity index is 1050. The van der Waals surface area contributed by atoms with Gasteiger partial charge in [0.1, 0.15) is 5.56 Å². The van der Waals surface area contributed by atoms with Crippen molar-refractivity contribution in [1.29, 1.82) is 0 Å². The quantitative estimate of drug-likeness (QED) is 0.588. The first-order chi connectivity index (χ1) is 15.9. The Morgan fingerprint density at radius 2 is 1.91 bits per heavy atom. The average molecular weight is 450 g/mol. The van der Waals surface area contributed by atoms with Gasteiger partial charge in [-0.05, 0) is 82.4 Å². The molecule has 2 saturated carbocycles. The zero-order valence-electron chi connectivity index (χ0n) is 20.0. The van der Waals surface area contributed by atoms with Crippen molar-refractivity contribution in [1.82, 2.24) is 14.7 Å². The fourth-order valence-electron chi connectivity index (χ4n) is 5.94. The van der Waals surface area contributed by atoms with Gasteiger partial charge in [0.25, 0.3) is 0 Å². The first-order valence-corrected chi connectivity index (χ1v) is 12.5. The van der Waals surface area contributed by atoms with E-state index in [-0.39, 0.29) is 17.4 Å². The Balaban J connectivity index is 1.38. The third-order valence-corrected chi connectivity index (χ3v) is 7.95. The predicted molar refractivity (Wildman–Crippen MR) is 127 cm³/mol. The van der Waals surface area contributed by atoms with E-state index in [0.717, 1.165) is 69.3 Å². The van der Waals surface area contributed by atoms with E-state index in [4.69, 9.17) is 4.74 Å². The second-order valence-electron chi connectivity index (χ2n) is 10.7. The lowest BCUT2D eigenvalue weighted by Gasteiger charge is -2.37. The number of benzene rings is 1. The Labute approximate surface area is 196 Å². The molecule has 6 heteroatoms. The number of esters is 1. The van der Waals surface area contributed by atoms with Crippen molar-refractivity contribution in [2.45, 2.75) is 82.6 Å². The SMILES string of the molecule is COC(=O)c1cnn(-c2cccc(C3CCCC(C(=O)N4CCCC4(C)C)C3)c2)c1C1CC1. The van der Waals surface area contributed by atoms with Gasteiger partial charge in [-0.15, -0.1) is 0 Å². The smallest absolute Gasteiger partial charge is 0.341 e. The topological polar surface area (TPSA) is 64.4 Å². The van der Waals surface area contributed by atoms with Crippen molar-refractivity contribution in [2.75, 3.05) is 13.7 Å². The van der Waals surface area contributed by atoms with E-state index >= 15 is 0 Å². The summed E-state index contributed by atoms with van der Waals surface area (Å²) in [6.07, 6.45) is 10.1. The van der Waals surface area contributed by atoms with Gasteiger partial charge < -0.3 is 9.64 Å². The number of rotatable bonds is 5. The summed E-state index contributed by atoms with van der Waals surface area (Å²) in [6.45, 7) is 5.30. The number of methoxy groups -OCH3 is 1. The number of carbonyl (C=O) groups is 2. The van der Waals surface area contributed by atoms with Gasteiger partial charge in [-0.2, -0.15) is 5.10 Å². The molecular weight excluding hydrogens is 414 g/mol. The van der Waals surface area contributed by atoms with Crippen LogP contribution < -0.4 is 0 Å². The molecular formula is C27H35N3O3. The van der Waals surface area contributed by atoms with Gasteiger partial charge in [-0.1, -0.05) is 18.6 Å². The van der Waals surface area contributed by atoms with Crippen molar-refractivity contribution in [3.8, 4) is 5.69 Å². The van der Waals surface area contributed by atoms with Crippen LogP contribution in [0.3, 0.4) is 0 Å². The standard InChI is InChI=1S/C27H35N3O3/c1-27(2)13-6-14-29(27)25(31)21-9-4-7-19(15-21)20-8-5-10-22(16-20)30-24(18-11-12-18)23(17-28-30)26(32)33-3/h5,8,10,16-19,21H,4,6-7,9,11-15H2,1-3H3. The number of hydrogen-bond donors (Lipinski definition) is 0. The molecule has 2 unspecified atom stereocenters. The van der Waals surface area contributed by atoms with E-state index in [9.17, 15) is 9.59 Å². The van der Waals surface area contributed by atoms with E-state index in [1.165, 1.54) is 12.7 Å². The van der Waals surface area contributed by atoms with Crippen LogP contribution in [0.15, 0.2) is 30.5 Å². The number of ether oxygens (including phenoxy) is 1. The van der Waals surface area contributed by atoms with Gasteiger partial charge >= 0.3 is 5.97 Å². The normalized spacial score (nSPS) is 24.6. The minimum Gasteiger partial charge on any atom is -0.465 e. The molecule has 2 atom stereocenters. The number of hydrogen-bond acceptors (Lipinski definition) is 4. The summed E-state index contributed by atoms with van der Waals surface area (Å²) in [5.74, 6) is 0.883. The highest BCUT2D eigenvalue weighted by Gasteiger charge is 2.40. The number of aromatic nitrogens is 2. The molecule has 6 nitrogen and oxygen atoms in total. The highest BCUT2D eigenvalue weighted by atomic mass is 16.5. The highest BCUT2D eigenvalue weighted by Crippen LogP contribution is 2.43. The molecule has 3 fully saturated rings. The Morgan fingerprint density at radius 1 is 1.09 bits per heavy atom. The third kappa shape index (κ3) is 4.20. The summed E-state index contributed by atoms with van der Waals surface area (Å²) < 4.78 is 6.91. The molecule has 33 heavy (non-hydrogen) atoms. The monoisotopic (exact) mass is 449 g/mol. The van der Waals surface area contributed by atoms with Crippen LogP contribution in [0.2, 0.25) is 0 Å². The maximum atomic E-state index is 13.4. The Morgan fingerprint density at radius 3 is 2.61 bits per heavy atom. The lowest BCUT2D eigenvalue weighted by atomic mass is 9.77. The van der Waals surface area contributed by atoms with Gasteiger partial charge in [0.15, 0.2) is 0 Å².